The number of ether oxygens (including phenoxy) is 1. The van der Waals surface area contributed by atoms with E-state index in [0.717, 1.165) is 0 Å². The minimum Gasteiger partial charge on any atom is -0.471 e. The quantitative estimate of drug-likeness (QED) is 0.340. The van der Waals surface area contributed by atoms with Crippen LogP contribution >= 0.6 is 23.2 Å². The highest BCUT2D eigenvalue weighted by Gasteiger charge is 2.24. The van der Waals surface area contributed by atoms with Crippen LogP contribution in [0.3, 0.4) is 0 Å². The van der Waals surface area contributed by atoms with Gasteiger partial charge >= 0.3 is 0 Å². The molecule has 0 aliphatic carbocycles. The number of hydrogen-bond acceptors (Lipinski definition) is 5. The molecule has 2 aromatic heterocycles. The number of amides is 2. The van der Waals surface area contributed by atoms with E-state index in [9.17, 15) is 18.4 Å². The molecule has 3 rings (SSSR count). The van der Waals surface area contributed by atoms with Gasteiger partial charge in [-0.15, -0.1) is 0 Å². The standard InChI is InChI=1S/C26H31Cl2F2N5O3/c1-6-31-23(36)16-10-18-22(34-24(16)38-13-19(29)30)35(7-2)20(33-18)11-15-17(27)9-8-14(21(15)28)12-32-25(37)26(3,4)5/h8-10,19H,6-7,11-13H2,1-5H3,(H,31,36)(H,32,37). The monoisotopic (exact) mass is 569 g/mol. The number of pyridine rings is 1. The zero-order valence-corrected chi connectivity index (χ0v) is 23.4. The van der Waals surface area contributed by atoms with Crippen LogP contribution in [0.4, 0.5) is 8.78 Å². The smallest absolute Gasteiger partial charge is 0.272 e. The third-order valence-electron chi connectivity index (χ3n) is 5.73. The van der Waals surface area contributed by atoms with Gasteiger partial charge in [-0.25, -0.2) is 13.8 Å². The number of carbonyl (C=O) groups is 2. The average Bonchev–Trinajstić information content (AvgIpc) is 3.19. The molecule has 0 aliphatic rings. The van der Waals surface area contributed by atoms with E-state index in [2.05, 4.69) is 20.6 Å². The minimum atomic E-state index is -2.73. The number of halogens is 4. The second-order valence-electron chi connectivity index (χ2n) is 9.63. The number of imidazole rings is 1. The lowest BCUT2D eigenvalue weighted by Gasteiger charge is -2.19. The number of fused-ring (bicyclic) bond motifs is 1. The fraction of sp³-hybridized carbons (Fsp3) is 0.462. The van der Waals surface area contributed by atoms with Gasteiger partial charge in [-0.05, 0) is 37.1 Å². The minimum absolute atomic E-state index is 0.0138. The highest BCUT2D eigenvalue weighted by atomic mass is 35.5. The first kappa shape index (κ1) is 29.6. The highest BCUT2D eigenvalue weighted by molar-refractivity contribution is 6.36. The third kappa shape index (κ3) is 6.71. The van der Waals surface area contributed by atoms with Crippen LogP contribution in [0, 0.1) is 5.41 Å². The van der Waals surface area contributed by atoms with Gasteiger partial charge < -0.3 is 19.9 Å². The Bertz CT molecular complexity index is 1340. The Morgan fingerprint density at radius 3 is 2.45 bits per heavy atom. The Kier molecular flexibility index (Phi) is 9.54. The van der Waals surface area contributed by atoms with Crippen molar-refractivity contribution >= 4 is 46.2 Å². The highest BCUT2D eigenvalue weighted by Crippen LogP contribution is 2.32. The summed E-state index contributed by atoms with van der Waals surface area (Å²) in [5, 5.41) is 6.34. The van der Waals surface area contributed by atoms with Crippen molar-refractivity contribution in [2.45, 2.75) is 60.6 Å². The van der Waals surface area contributed by atoms with E-state index in [1.165, 1.54) is 6.07 Å². The maximum absolute atomic E-state index is 12.9. The molecule has 0 radical (unpaired) electrons. The molecule has 0 saturated heterocycles. The van der Waals surface area contributed by atoms with Crippen LogP contribution in [0.5, 0.6) is 5.88 Å². The molecule has 0 fully saturated rings. The first-order chi connectivity index (χ1) is 17.9. The summed E-state index contributed by atoms with van der Waals surface area (Å²) >= 11 is 13.2. The van der Waals surface area contributed by atoms with Crippen LogP contribution < -0.4 is 15.4 Å². The topological polar surface area (TPSA) is 98.1 Å². The van der Waals surface area contributed by atoms with E-state index in [1.807, 2.05) is 27.7 Å². The normalized spacial score (nSPS) is 11.7. The van der Waals surface area contributed by atoms with E-state index in [1.54, 1.807) is 23.6 Å². The number of nitrogens with zero attached hydrogens (tertiary/aromatic N) is 3. The molecule has 0 spiro atoms. The Balaban J connectivity index is 2.02. The van der Waals surface area contributed by atoms with Crippen LogP contribution in [0.1, 0.15) is 61.9 Å². The fourth-order valence-electron chi connectivity index (χ4n) is 3.76. The summed E-state index contributed by atoms with van der Waals surface area (Å²) in [5.41, 5.74) is 1.54. The van der Waals surface area contributed by atoms with Crippen LogP contribution in [0.15, 0.2) is 18.2 Å². The summed E-state index contributed by atoms with van der Waals surface area (Å²) in [4.78, 5) is 34.0. The molecule has 2 amide bonds. The number of benzene rings is 1. The first-order valence-electron chi connectivity index (χ1n) is 12.2. The van der Waals surface area contributed by atoms with Gasteiger partial charge in [-0.2, -0.15) is 4.98 Å². The van der Waals surface area contributed by atoms with Gasteiger partial charge in [0.25, 0.3) is 12.3 Å². The van der Waals surface area contributed by atoms with Gasteiger partial charge in [0, 0.05) is 36.5 Å². The zero-order chi connectivity index (χ0) is 28.2. The van der Waals surface area contributed by atoms with Gasteiger partial charge in [-0.1, -0.05) is 50.0 Å². The summed E-state index contributed by atoms with van der Waals surface area (Å²) in [6, 6.07) is 4.94. The van der Waals surface area contributed by atoms with Crippen molar-refractivity contribution in [2.75, 3.05) is 13.2 Å². The van der Waals surface area contributed by atoms with Gasteiger partial charge in [0.15, 0.2) is 12.3 Å². The Morgan fingerprint density at radius 1 is 1.13 bits per heavy atom. The molecule has 206 valence electrons. The maximum Gasteiger partial charge on any atom is 0.272 e. The van der Waals surface area contributed by atoms with Gasteiger partial charge in [0.2, 0.25) is 11.8 Å². The molecule has 0 unspecified atom stereocenters. The van der Waals surface area contributed by atoms with Gasteiger partial charge in [0.05, 0.1) is 5.02 Å². The maximum atomic E-state index is 12.9. The lowest BCUT2D eigenvalue weighted by atomic mass is 9.95. The molecular weight excluding hydrogens is 539 g/mol. The molecule has 0 aliphatic heterocycles. The third-order valence-corrected chi connectivity index (χ3v) is 6.56. The molecule has 1 aromatic carbocycles. The van der Waals surface area contributed by atoms with Crippen molar-refractivity contribution in [2.24, 2.45) is 5.41 Å². The number of aromatic nitrogens is 3. The van der Waals surface area contributed by atoms with Crippen LogP contribution in [0.25, 0.3) is 11.2 Å². The van der Waals surface area contributed by atoms with Crippen molar-refractivity contribution in [1.82, 2.24) is 25.2 Å². The molecule has 2 N–H and O–H groups in total. The summed E-state index contributed by atoms with van der Waals surface area (Å²) in [7, 11) is 0. The van der Waals surface area contributed by atoms with Crippen molar-refractivity contribution in [3.05, 3.63) is 50.8 Å². The van der Waals surface area contributed by atoms with Crippen molar-refractivity contribution in [1.29, 1.82) is 0 Å². The summed E-state index contributed by atoms with van der Waals surface area (Å²) in [6.07, 6.45) is -2.50. The summed E-state index contributed by atoms with van der Waals surface area (Å²) in [5.74, 6) is -0.258. The first-order valence-corrected chi connectivity index (χ1v) is 13.0. The number of rotatable bonds is 10. The Labute approximate surface area is 230 Å². The molecule has 3 aromatic rings. The van der Waals surface area contributed by atoms with E-state index in [-0.39, 0.29) is 30.3 Å². The van der Waals surface area contributed by atoms with Crippen LogP contribution in [-0.4, -0.2) is 45.9 Å². The van der Waals surface area contributed by atoms with Gasteiger partial charge in [0.1, 0.15) is 16.9 Å². The van der Waals surface area contributed by atoms with Gasteiger partial charge in [-0.3, -0.25) is 9.59 Å². The molecule has 8 nitrogen and oxygen atoms in total. The molecule has 0 bridgehead atoms. The Morgan fingerprint density at radius 2 is 1.84 bits per heavy atom. The largest absolute Gasteiger partial charge is 0.471 e. The van der Waals surface area contributed by atoms with E-state index >= 15 is 0 Å². The average molecular weight is 570 g/mol. The SMILES string of the molecule is CCNC(=O)c1cc2nc(Cc3c(Cl)ccc(CNC(=O)C(C)(C)C)c3Cl)n(CC)c2nc1OCC(F)F. The molecule has 0 saturated carbocycles. The number of carbonyl (C=O) groups excluding carboxylic acids is 2. The summed E-state index contributed by atoms with van der Waals surface area (Å²) in [6.45, 7) is 9.20. The van der Waals surface area contributed by atoms with Crippen molar-refractivity contribution in [3.8, 4) is 5.88 Å². The molecular formula is C26H31Cl2F2N5O3. The predicted octanol–water partition coefficient (Wildman–Crippen LogP) is 5.40. The molecule has 0 atom stereocenters. The van der Waals surface area contributed by atoms with Crippen molar-refractivity contribution in [3.63, 3.8) is 0 Å². The lowest BCUT2D eigenvalue weighted by molar-refractivity contribution is -0.128. The fourth-order valence-corrected chi connectivity index (χ4v) is 4.33. The van der Waals surface area contributed by atoms with E-state index in [4.69, 9.17) is 27.9 Å². The lowest BCUT2D eigenvalue weighted by Crippen LogP contribution is -2.34. The van der Waals surface area contributed by atoms with Crippen LogP contribution in [0.2, 0.25) is 10.0 Å². The number of aryl methyl sites for hydroxylation is 1. The molecule has 12 heteroatoms. The second-order valence-corrected chi connectivity index (χ2v) is 10.4. The van der Waals surface area contributed by atoms with E-state index in [0.29, 0.717) is 51.2 Å². The number of nitrogens with one attached hydrogen (secondary N) is 2. The zero-order valence-electron chi connectivity index (χ0n) is 21.9. The summed E-state index contributed by atoms with van der Waals surface area (Å²) < 4.78 is 32.7. The number of alkyl halides is 2. The Hall–Kier alpha value is -2.98. The number of hydrogen-bond donors (Lipinski definition) is 2. The molecule has 2 heterocycles. The molecule has 38 heavy (non-hydrogen) atoms. The van der Waals surface area contributed by atoms with Crippen molar-refractivity contribution < 1.29 is 23.1 Å². The predicted molar refractivity (Wildman–Crippen MR) is 143 cm³/mol. The second kappa shape index (κ2) is 12.3. The van der Waals surface area contributed by atoms with Crippen LogP contribution in [-0.2, 0) is 24.3 Å². The van der Waals surface area contributed by atoms with E-state index < -0.39 is 24.4 Å².